The van der Waals surface area contributed by atoms with Crippen LogP contribution in [0.3, 0.4) is 0 Å². The van der Waals surface area contributed by atoms with E-state index in [4.69, 9.17) is 10.1 Å². The number of amides is 1. The van der Waals surface area contributed by atoms with Gasteiger partial charge in [-0.3, -0.25) is 9.78 Å². The van der Waals surface area contributed by atoms with E-state index in [0.29, 0.717) is 23.7 Å². The molecular formula is C29H27N7O. The first-order valence-corrected chi connectivity index (χ1v) is 12.6. The van der Waals surface area contributed by atoms with Crippen LogP contribution in [0.15, 0.2) is 79.1 Å². The second-order valence-electron chi connectivity index (χ2n) is 9.22. The molecule has 0 atom stereocenters. The summed E-state index contributed by atoms with van der Waals surface area (Å²) in [5, 5.41) is 8.16. The minimum atomic E-state index is 0.0318. The van der Waals surface area contributed by atoms with Crippen molar-refractivity contribution in [3.63, 3.8) is 0 Å². The molecule has 0 aliphatic carbocycles. The highest BCUT2D eigenvalue weighted by atomic mass is 16.2. The van der Waals surface area contributed by atoms with Crippen LogP contribution in [0.5, 0.6) is 0 Å². The van der Waals surface area contributed by atoms with Gasteiger partial charge >= 0.3 is 0 Å². The van der Waals surface area contributed by atoms with Gasteiger partial charge in [0.15, 0.2) is 5.82 Å². The fourth-order valence-electron chi connectivity index (χ4n) is 4.74. The van der Waals surface area contributed by atoms with Gasteiger partial charge in [0.25, 0.3) is 11.7 Å². The van der Waals surface area contributed by atoms with Crippen LogP contribution in [0.25, 0.3) is 17.2 Å². The van der Waals surface area contributed by atoms with Crippen molar-refractivity contribution in [3.8, 4) is 11.4 Å². The standard InChI is InChI=1S/C29H27N7O/c1-2-7-24-17-26(36-29(32-24)33-27(34-36)22-11-6-14-30-18-22)31-25-12-5-10-21(16-25)28(37)35-15-13-20-8-3-4-9-23(20)19-35/h3-6,8-12,14,16-18,31H,2,7,13,15,19H2,1H3. The molecule has 8 heteroatoms. The molecule has 3 aromatic heterocycles. The molecular weight excluding hydrogens is 462 g/mol. The first-order valence-electron chi connectivity index (χ1n) is 12.6. The molecule has 2 aromatic carbocycles. The van der Waals surface area contributed by atoms with Crippen molar-refractivity contribution in [2.75, 3.05) is 11.9 Å². The maximum atomic E-state index is 13.4. The van der Waals surface area contributed by atoms with Crippen molar-refractivity contribution < 1.29 is 4.79 Å². The third-order valence-electron chi connectivity index (χ3n) is 6.59. The molecule has 1 amide bonds. The molecule has 0 unspecified atom stereocenters. The maximum Gasteiger partial charge on any atom is 0.254 e. The number of rotatable bonds is 6. The minimum absolute atomic E-state index is 0.0318. The molecule has 0 spiro atoms. The number of carbonyl (C=O) groups excluding carboxylic acids is 1. The zero-order chi connectivity index (χ0) is 25.2. The van der Waals surface area contributed by atoms with Crippen molar-refractivity contribution in [1.29, 1.82) is 0 Å². The molecule has 0 saturated carbocycles. The number of aromatic nitrogens is 5. The SMILES string of the molecule is CCCc1cc(Nc2cccc(C(=O)N3CCc4ccccc4C3)c2)n2nc(-c3cccnc3)nc2n1. The predicted octanol–water partition coefficient (Wildman–Crippen LogP) is 5.08. The Hall–Kier alpha value is -4.59. The summed E-state index contributed by atoms with van der Waals surface area (Å²) in [4.78, 5) is 28.8. The Kier molecular flexibility index (Phi) is 6.06. The Bertz CT molecular complexity index is 1580. The molecule has 0 radical (unpaired) electrons. The fraction of sp³-hybridized carbons (Fsp3) is 0.207. The number of benzene rings is 2. The van der Waals surface area contributed by atoms with E-state index < -0.39 is 0 Å². The first-order chi connectivity index (χ1) is 18.2. The molecule has 6 rings (SSSR count). The molecule has 1 N–H and O–H groups in total. The monoisotopic (exact) mass is 489 g/mol. The van der Waals surface area contributed by atoms with Gasteiger partial charge in [-0.1, -0.05) is 43.7 Å². The summed E-state index contributed by atoms with van der Waals surface area (Å²) in [5.41, 5.74) is 5.75. The summed E-state index contributed by atoms with van der Waals surface area (Å²) in [6, 6.07) is 21.7. The quantitative estimate of drug-likeness (QED) is 0.358. The molecule has 1 aliphatic rings. The number of nitrogens with zero attached hydrogens (tertiary/aromatic N) is 6. The molecule has 0 bridgehead atoms. The van der Waals surface area contributed by atoms with Crippen molar-refractivity contribution in [1.82, 2.24) is 29.5 Å². The van der Waals surface area contributed by atoms with Gasteiger partial charge in [0.05, 0.1) is 0 Å². The lowest BCUT2D eigenvalue weighted by Crippen LogP contribution is -2.35. The van der Waals surface area contributed by atoms with E-state index in [1.165, 1.54) is 11.1 Å². The smallest absolute Gasteiger partial charge is 0.254 e. The van der Waals surface area contributed by atoms with Crippen LogP contribution >= 0.6 is 0 Å². The normalized spacial score (nSPS) is 12.9. The average molecular weight is 490 g/mol. The third kappa shape index (κ3) is 4.65. The molecule has 37 heavy (non-hydrogen) atoms. The molecule has 4 heterocycles. The van der Waals surface area contributed by atoms with Crippen LogP contribution in [-0.2, 0) is 19.4 Å². The highest BCUT2D eigenvalue weighted by Gasteiger charge is 2.22. The number of pyridine rings is 1. The van der Waals surface area contributed by atoms with Crippen LogP contribution in [-0.4, -0.2) is 41.9 Å². The van der Waals surface area contributed by atoms with Crippen molar-refractivity contribution >= 4 is 23.2 Å². The van der Waals surface area contributed by atoms with E-state index >= 15 is 0 Å². The summed E-state index contributed by atoms with van der Waals surface area (Å²) in [7, 11) is 0. The minimum Gasteiger partial charge on any atom is -0.340 e. The lowest BCUT2D eigenvalue weighted by atomic mass is 9.99. The number of hydrogen-bond donors (Lipinski definition) is 1. The van der Waals surface area contributed by atoms with Gasteiger partial charge < -0.3 is 10.2 Å². The topological polar surface area (TPSA) is 88.3 Å². The van der Waals surface area contributed by atoms with E-state index in [1.54, 1.807) is 16.9 Å². The Morgan fingerprint density at radius 2 is 1.89 bits per heavy atom. The molecule has 184 valence electrons. The summed E-state index contributed by atoms with van der Waals surface area (Å²) < 4.78 is 1.71. The largest absolute Gasteiger partial charge is 0.340 e. The van der Waals surface area contributed by atoms with Gasteiger partial charge in [0.2, 0.25) is 0 Å². The van der Waals surface area contributed by atoms with Crippen LogP contribution in [0.2, 0.25) is 0 Å². The summed E-state index contributed by atoms with van der Waals surface area (Å²) in [6.45, 7) is 3.47. The second kappa shape index (κ2) is 9.81. The Morgan fingerprint density at radius 3 is 2.73 bits per heavy atom. The summed E-state index contributed by atoms with van der Waals surface area (Å²) >= 11 is 0. The zero-order valence-electron chi connectivity index (χ0n) is 20.6. The third-order valence-corrected chi connectivity index (χ3v) is 6.59. The first kappa shape index (κ1) is 22.8. The number of hydrogen-bond acceptors (Lipinski definition) is 6. The van der Waals surface area contributed by atoms with Gasteiger partial charge in [-0.2, -0.15) is 9.50 Å². The van der Waals surface area contributed by atoms with E-state index in [9.17, 15) is 4.79 Å². The number of anilines is 2. The summed E-state index contributed by atoms with van der Waals surface area (Å²) in [5.74, 6) is 1.86. The number of aryl methyl sites for hydroxylation is 1. The van der Waals surface area contributed by atoms with Gasteiger partial charge in [-0.15, -0.1) is 5.10 Å². The lowest BCUT2D eigenvalue weighted by Gasteiger charge is -2.29. The van der Waals surface area contributed by atoms with Gasteiger partial charge in [-0.25, -0.2) is 4.98 Å². The predicted molar refractivity (Wildman–Crippen MR) is 143 cm³/mol. The molecule has 0 saturated heterocycles. The van der Waals surface area contributed by atoms with Crippen LogP contribution in [0.4, 0.5) is 11.5 Å². The molecule has 0 fully saturated rings. The van der Waals surface area contributed by atoms with Crippen molar-refractivity contribution in [2.24, 2.45) is 0 Å². The van der Waals surface area contributed by atoms with E-state index in [0.717, 1.165) is 48.6 Å². The van der Waals surface area contributed by atoms with Gasteiger partial charge in [-0.05, 0) is 54.3 Å². The number of fused-ring (bicyclic) bond motifs is 2. The van der Waals surface area contributed by atoms with Gasteiger partial charge in [0.1, 0.15) is 5.82 Å². The van der Waals surface area contributed by atoms with E-state index in [2.05, 4.69) is 40.4 Å². The van der Waals surface area contributed by atoms with Crippen LogP contribution in [0, 0.1) is 0 Å². The van der Waals surface area contributed by atoms with Crippen molar-refractivity contribution in [3.05, 3.63) is 102 Å². The number of carbonyl (C=O) groups is 1. The van der Waals surface area contributed by atoms with E-state index in [-0.39, 0.29) is 5.91 Å². The molecule has 5 aromatic rings. The zero-order valence-corrected chi connectivity index (χ0v) is 20.6. The van der Waals surface area contributed by atoms with E-state index in [1.807, 2.05) is 53.4 Å². The Labute approximate surface area is 215 Å². The Morgan fingerprint density at radius 1 is 1.00 bits per heavy atom. The van der Waals surface area contributed by atoms with Gasteiger partial charge in [0, 0.05) is 54.1 Å². The Balaban J connectivity index is 1.30. The summed E-state index contributed by atoms with van der Waals surface area (Å²) in [6.07, 6.45) is 6.13. The number of nitrogens with one attached hydrogen (secondary N) is 1. The second-order valence-corrected chi connectivity index (χ2v) is 9.22. The van der Waals surface area contributed by atoms with Crippen LogP contribution in [0.1, 0.15) is 40.5 Å². The highest BCUT2D eigenvalue weighted by molar-refractivity contribution is 5.95. The molecule has 8 nitrogen and oxygen atoms in total. The highest BCUT2D eigenvalue weighted by Crippen LogP contribution is 2.24. The molecule has 1 aliphatic heterocycles. The average Bonchev–Trinajstić information content (AvgIpc) is 3.38. The van der Waals surface area contributed by atoms with Crippen molar-refractivity contribution in [2.45, 2.75) is 32.7 Å². The lowest BCUT2D eigenvalue weighted by molar-refractivity contribution is 0.0735. The van der Waals surface area contributed by atoms with Crippen LogP contribution < -0.4 is 5.32 Å². The maximum absolute atomic E-state index is 13.4. The fourth-order valence-corrected chi connectivity index (χ4v) is 4.74.